The van der Waals surface area contributed by atoms with Crippen LogP contribution in [0.1, 0.15) is 0 Å². The normalized spacial score (nSPS) is 14.9. The molecule has 1 fully saturated rings. The number of hydrogen-bond acceptors (Lipinski definition) is 9. The van der Waals surface area contributed by atoms with Gasteiger partial charge in [-0.3, -0.25) is 0 Å². The number of pyridine rings is 2. The van der Waals surface area contributed by atoms with Gasteiger partial charge in [0.25, 0.3) is 0 Å². The van der Waals surface area contributed by atoms with Gasteiger partial charge in [0.2, 0.25) is 5.95 Å². The topological polar surface area (TPSA) is 130 Å². The number of halogens is 1. The van der Waals surface area contributed by atoms with E-state index >= 15 is 0 Å². The van der Waals surface area contributed by atoms with E-state index in [2.05, 4.69) is 36.8 Å². The van der Waals surface area contributed by atoms with E-state index in [1.165, 1.54) is 24.4 Å². The monoisotopic (exact) mass is 396 g/mol. The third-order valence-electron chi connectivity index (χ3n) is 4.87. The lowest BCUT2D eigenvalue weighted by Gasteiger charge is -2.33. The Balaban J connectivity index is 1.76. The van der Waals surface area contributed by atoms with Crippen LogP contribution in [0.5, 0.6) is 5.75 Å². The molecule has 4 rings (SSSR count). The molecule has 0 unspecified atom stereocenters. The molecule has 29 heavy (non-hydrogen) atoms. The van der Waals surface area contributed by atoms with E-state index in [1.54, 1.807) is 6.07 Å². The largest absolute Gasteiger partial charge is 0.506 e. The van der Waals surface area contributed by atoms with Gasteiger partial charge in [-0.15, -0.1) is 0 Å². The number of aromatic hydroxyl groups is 1. The van der Waals surface area contributed by atoms with Crippen molar-refractivity contribution in [1.29, 1.82) is 0 Å². The van der Waals surface area contributed by atoms with Crippen molar-refractivity contribution < 1.29 is 9.50 Å². The third kappa shape index (κ3) is 3.74. The molecule has 0 spiro atoms. The van der Waals surface area contributed by atoms with Crippen molar-refractivity contribution in [2.45, 2.75) is 0 Å². The average Bonchev–Trinajstić information content (AvgIpc) is 2.71. The van der Waals surface area contributed by atoms with Gasteiger partial charge in [0.1, 0.15) is 23.0 Å². The van der Waals surface area contributed by atoms with Crippen molar-refractivity contribution >= 4 is 17.6 Å². The molecule has 1 aliphatic rings. The minimum atomic E-state index is -0.669. The van der Waals surface area contributed by atoms with E-state index in [0.29, 0.717) is 17.2 Å². The summed E-state index contributed by atoms with van der Waals surface area (Å²) in [5.74, 6) is -0.257. The minimum absolute atomic E-state index is 0.0716. The number of hydrogen-bond donors (Lipinski definition) is 3. The fraction of sp³-hybridized carbons (Fsp3) is 0.263. The molecule has 1 aliphatic heterocycles. The molecule has 150 valence electrons. The van der Waals surface area contributed by atoms with Gasteiger partial charge in [0.15, 0.2) is 11.6 Å². The quantitative estimate of drug-likeness (QED) is 0.600. The molecule has 0 amide bonds. The molecule has 0 aromatic carbocycles. The summed E-state index contributed by atoms with van der Waals surface area (Å²) in [7, 11) is 2.07. The second-order valence-corrected chi connectivity index (χ2v) is 6.88. The first-order valence-corrected chi connectivity index (χ1v) is 9.11. The van der Waals surface area contributed by atoms with Gasteiger partial charge in [-0.1, -0.05) is 0 Å². The van der Waals surface area contributed by atoms with Crippen molar-refractivity contribution in [3.63, 3.8) is 0 Å². The van der Waals surface area contributed by atoms with Crippen LogP contribution >= 0.6 is 0 Å². The maximum Gasteiger partial charge on any atom is 0.222 e. The standard InChI is InChI=1S/C19H21FN8O/c1-27-6-8-28(9-7-27)15-10-13(25-19(22)26-15)17-14(29)3-2-12(24-17)11-4-5-23-18(21)16(11)20/h2-5,10,29H,6-9H2,1H3,(H2,21,23)(H2,22,25,26). The average molecular weight is 396 g/mol. The van der Waals surface area contributed by atoms with Crippen LogP contribution in [0.2, 0.25) is 0 Å². The van der Waals surface area contributed by atoms with Gasteiger partial charge in [-0.25, -0.2) is 19.3 Å². The summed E-state index contributed by atoms with van der Waals surface area (Å²) in [6, 6.07) is 6.13. The van der Waals surface area contributed by atoms with Gasteiger partial charge >= 0.3 is 0 Å². The summed E-state index contributed by atoms with van der Waals surface area (Å²) in [6.07, 6.45) is 1.40. The molecule has 5 N–H and O–H groups in total. The molecule has 3 aromatic rings. The minimum Gasteiger partial charge on any atom is -0.506 e. The highest BCUT2D eigenvalue weighted by atomic mass is 19.1. The maximum absolute atomic E-state index is 14.4. The number of aromatic nitrogens is 4. The Kier molecular flexibility index (Phi) is 4.85. The Morgan fingerprint density at radius 2 is 1.76 bits per heavy atom. The van der Waals surface area contributed by atoms with E-state index in [0.717, 1.165) is 26.2 Å². The summed E-state index contributed by atoms with van der Waals surface area (Å²) in [4.78, 5) is 21.0. The molecule has 0 radical (unpaired) electrons. The lowest BCUT2D eigenvalue weighted by Crippen LogP contribution is -2.44. The zero-order chi connectivity index (χ0) is 20.5. The fourth-order valence-electron chi connectivity index (χ4n) is 3.22. The van der Waals surface area contributed by atoms with Crippen molar-refractivity contribution in [2.75, 3.05) is 49.6 Å². The number of likely N-dealkylation sites (N-methyl/N-ethyl adjacent to an activating group) is 1. The van der Waals surface area contributed by atoms with Crippen LogP contribution in [0.3, 0.4) is 0 Å². The first-order valence-electron chi connectivity index (χ1n) is 9.11. The summed E-state index contributed by atoms with van der Waals surface area (Å²) in [5, 5.41) is 10.4. The molecule has 1 saturated heterocycles. The van der Waals surface area contributed by atoms with Crippen molar-refractivity contribution in [1.82, 2.24) is 24.8 Å². The van der Waals surface area contributed by atoms with E-state index in [-0.39, 0.29) is 28.8 Å². The van der Waals surface area contributed by atoms with Gasteiger partial charge in [0, 0.05) is 44.0 Å². The van der Waals surface area contributed by atoms with E-state index in [9.17, 15) is 9.50 Å². The molecule has 9 nitrogen and oxygen atoms in total. The zero-order valence-corrected chi connectivity index (χ0v) is 15.9. The van der Waals surface area contributed by atoms with E-state index in [1.807, 2.05) is 0 Å². The zero-order valence-electron chi connectivity index (χ0n) is 15.9. The smallest absolute Gasteiger partial charge is 0.222 e. The van der Waals surface area contributed by atoms with Gasteiger partial charge < -0.3 is 26.4 Å². The second kappa shape index (κ2) is 7.47. The number of nitrogens with two attached hydrogens (primary N) is 2. The van der Waals surface area contributed by atoms with Crippen LogP contribution in [0.25, 0.3) is 22.6 Å². The van der Waals surface area contributed by atoms with Crippen LogP contribution in [0, 0.1) is 5.82 Å². The predicted octanol–water partition coefficient (Wildman–Crippen LogP) is 1.36. The Bertz CT molecular complexity index is 1050. The molecule has 0 atom stereocenters. The third-order valence-corrected chi connectivity index (χ3v) is 4.87. The van der Waals surface area contributed by atoms with Crippen molar-refractivity contribution in [3.8, 4) is 28.4 Å². The molecule has 4 heterocycles. The lowest BCUT2D eigenvalue weighted by atomic mass is 10.1. The number of rotatable bonds is 3. The van der Waals surface area contributed by atoms with E-state index in [4.69, 9.17) is 11.5 Å². The van der Waals surface area contributed by atoms with Crippen LogP contribution in [-0.2, 0) is 0 Å². The number of piperazine rings is 1. The highest BCUT2D eigenvalue weighted by Crippen LogP contribution is 2.32. The Morgan fingerprint density at radius 3 is 2.52 bits per heavy atom. The number of nitrogen functional groups attached to an aromatic ring is 2. The van der Waals surface area contributed by atoms with E-state index < -0.39 is 5.82 Å². The first-order chi connectivity index (χ1) is 13.9. The van der Waals surface area contributed by atoms with Gasteiger partial charge in [-0.05, 0) is 25.2 Å². The van der Waals surface area contributed by atoms with Crippen LogP contribution < -0.4 is 16.4 Å². The highest BCUT2D eigenvalue weighted by molar-refractivity contribution is 5.72. The molecule has 3 aromatic heterocycles. The number of anilines is 3. The van der Waals surface area contributed by atoms with Gasteiger partial charge in [0.05, 0.1) is 5.69 Å². The molecule has 0 bridgehead atoms. The van der Waals surface area contributed by atoms with Crippen LogP contribution in [0.4, 0.5) is 22.0 Å². The maximum atomic E-state index is 14.4. The van der Waals surface area contributed by atoms with Crippen LogP contribution in [-0.4, -0.2) is 63.2 Å². The highest BCUT2D eigenvalue weighted by Gasteiger charge is 2.19. The molecular formula is C19H21FN8O. The Hall–Kier alpha value is -3.53. The van der Waals surface area contributed by atoms with Crippen LogP contribution in [0.15, 0.2) is 30.5 Å². The molecule has 0 aliphatic carbocycles. The predicted molar refractivity (Wildman–Crippen MR) is 109 cm³/mol. The Labute approximate surface area is 166 Å². The molecule has 10 heteroatoms. The molecular weight excluding hydrogens is 375 g/mol. The second-order valence-electron chi connectivity index (χ2n) is 6.88. The summed E-state index contributed by atoms with van der Waals surface area (Å²) in [6.45, 7) is 3.41. The van der Waals surface area contributed by atoms with Gasteiger partial charge in [-0.2, -0.15) is 4.98 Å². The van der Waals surface area contributed by atoms with Crippen molar-refractivity contribution in [3.05, 3.63) is 36.3 Å². The number of nitrogens with zero attached hydrogens (tertiary/aromatic N) is 6. The molecule has 0 saturated carbocycles. The summed E-state index contributed by atoms with van der Waals surface area (Å²) < 4.78 is 14.4. The lowest BCUT2D eigenvalue weighted by molar-refractivity contribution is 0.312. The fourth-order valence-corrected chi connectivity index (χ4v) is 3.22. The first kappa shape index (κ1) is 18.8. The Morgan fingerprint density at radius 1 is 1.00 bits per heavy atom. The van der Waals surface area contributed by atoms with Crippen molar-refractivity contribution in [2.24, 2.45) is 0 Å². The summed E-state index contributed by atoms with van der Waals surface area (Å²) >= 11 is 0. The summed E-state index contributed by atoms with van der Waals surface area (Å²) in [5.41, 5.74) is 12.5. The SMILES string of the molecule is CN1CCN(c2cc(-c3nc(-c4ccnc(N)c4F)ccc3O)nc(N)n2)CC1.